The molecule has 0 saturated carbocycles. The smallest absolute Gasteiger partial charge is 0.438 e. The van der Waals surface area contributed by atoms with Crippen molar-refractivity contribution in [2.24, 2.45) is 4.99 Å². The van der Waals surface area contributed by atoms with Gasteiger partial charge in [-0.2, -0.15) is 9.60 Å². The first-order valence-electron chi connectivity index (χ1n) is 8.84. The zero-order valence-electron chi connectivity index (χ0n) is 15.7. The number of aliphatic imine (C=N–C) groups is 1. The van der Waals surface area contributed by atoms with Gasteiger partial charge >= 0.3 is 13.4 Å². The van der Waals surface area contributed by atoms with Crippen molar-refractivity contribution in [1.29, 1.82) is 5.26 Å². The summed E-state index contributed by atoms with van der Waals surface area (Å²) in [4.78, 5) is 36.5. The minimum atomic E-state index is -5.10. The van der Waals surface area contributed by atoms with E-state index in [0.717, 1.165) is 4.57 Å². The minimum absolute atomic E-state index is 0.153. The van der Waals surface area contributed by atoms with Crippen LogP contribution in [0, 0.1) is 11.3 Å². The highest BCUT2D eigenvalue weighted by atomic mass is 35.5. The van der Waals surface area contributed by atoms with Gasteiger partial charge in [-0.25, -0.2) is 9.36 Å². The highest BCUT2D eigenvalue weighted by molar-refractivity contribution is 7.50. The number of nitrogens with zero attached hydrogens (tertiary/aromatic N) is 4. The topological polar surface area (TPSA) is 141 Å². The van der Waals surface area contributed by atoms with E-state index in [1.807, 2.05) is 6.07 Å². The summed E-state index contributed by atoms with van der Waals surface area (Å²) in [5.41, 5.74) is 1.18. The molecule has 1 aromatic heterocycles. The van der Waals surface area contributed by atoms with Gasteiger partial charge in [0.2, 0.25) is 5.88 Å². The third-order valence-electron chi connectivity index (χ3n) is 4.72. The van der Waals surface area contributed by atoms with Crippen molar-refractivity contribution in [2.75, 3.05) is 0 Å². The zero-order valence-corrected chi connectivity index (χ0v) is 17.3. The Hall–Kier alpha value is -3.41. The molecule has 156 valence electrons. The summed E-state index contributed by atoms with van der Waals surface area (Å²) in [6.45, 7) is -0.153. The van der Waals surface area contributed by atoms with Crippen LogP contribution in [-0.4, -0.2) is 30.0 Å². The Morgan fingerprint density at radius 2 is 1.90 bits per heavy atom. The predicted octanol–water partition coefficient (Wildman–Crippen LogP) is 3.13. The lowest BCUT2D eigenvalue weighted by Crippen LogP contribution is -2.24. The number of aromatic nitrogens is 2. The first-order valence-corrected chi connectivity index (χ1v) is 10.8. The Kier molecular flexibility index (Phi) is 5.17. The summed E-state index contributed by atoms with van der Waals surface area (Å²) in [6, 6.07) is 13.2. The van der Waals surface area contributed by atoms with Crippen LogP contribution in [0.25, 0.3) is 11.6 Å². The van der Waals surface area contributed by atoms with Crippen molar-refractivity contribution in [3.05, 3.63) is 80.4 Å². The number of halogens is 1. The molecule has 0 atom stereocenters. The minimum Gasteiger partial charge on any atom is -0.493 e. The summed E-state index contributed by atoms with van der Waals surface area (Å²) >= 11 is 5.96. The van der Waals surface area contributed by atoms with Gasteiger partial charge in [0.05, 0.1) is 23.9 Å². The van der Waals surface area contributed by atoms with Crippen LogP contribution in [-0.2, 0) is 11.1 Å². The molecule has 4 rings (SSSR count). The van der Waals surface area contributed by atoms with Crippen LogP contribution in [0.4, 0.5) is 5.69 Å². The molecule has 0 amide bonds. The first-order chi connectivity index (χ1) is 14.7. The fourth-order valence-electron chi connectivity index (χ4n) is 3.25. The number of rotatable bonds is 4. The molecule has 9 nitrogen and oxygen atoms in total. The van der Waals surface area contributed by atoms with E-state index in [4.69, 9.17) is 16.9 Å². The van der Waals surface area contributed by atoms with Crippen molar-refractivity contribution >= 4 is 42.9 Å². The molecule has 0 bridgehead atoms. The fourth-order valence-corrected chi connectivity index (χ4v) is 4.18. The quantitative estimate of drug-likeness (QED) is 0.515. The molecule has 0 aliphatic carbocycles. The van der Waals surface area contributed by atoms with E-state index in [1.165, 1.54) is 24.4 Å². The average Bonchev–Trinajstić information content (AvgIpc) is 3.22. The Morgan fingerprint density at radius 3 is 2.55 bits per heavy atom. The maximum Gasteiger partial charge on any atom is 0.438 e. The SMILES string of the molecule is N#Cc1ccc(Cn2c(O)c(/C=C3\C=Nc4cc(Cl)ccc43)n(P(=O)(O)O)c2=O)cc1. The Labute approximate surface area is 180 Å². The van der Waals surface area contributed by atoms with Crippen LogP contribution in [0.1, 0.15) is 22.4 Å². The van der Waals surface area contributed by atoms with Crippen molar-refractivity contribution in [3.8, 4) is 11.9 Å². The molecule has 2 aromatic carbocycles. The van der Waals surface area contributed by atoms with Gasteiger partial charge < -0.3 is 14.9 Å². The van der Waals surface area contributed by atoms with Crippen LogP contribution in [0.15, 0.2) is 52.3 Å². The van der Waals surface area contributed by atoms with Gasteiger partial charge in [0.15, 0.2) is 0 Å². The Bertz CT molecular complexity index is 1410. The monoisotopic (exact) mass is 456 g/mol. The van der Waals surface area contributed by atoms with E-state index in [9.17, 15) is 24.3 Å². The van der Waals surface area contributed by atoms with Crippen molar-refractivity contribution in [1.82, 2.24) is 8.90 Å². The molecule has 2 heterocycles. The largest absolute Gasteiger partial charge is 0.493 e. The number of imidazole rings is 1. The summed E-state index contributed by atoms with van der Waals surface area (Å²) in [5.74, 6) is -0.610. The second-order valence-corrected chi connectivity index (χ2v) is 8.59. The van der Waals surface area contributed by atoms with E-state index in [2.05, 4.69) is 4.99 Å². The molecular formula is C20H14ClN4O5P. The number of fused-ring (bicyclic) bond motifs is 1. The lowest BCUT2D eigenvalue weighted by molar-refractivity contribution is 0.358. The van der Waals surface area contributed by atoms with Gasteiger partial charge in [0, 0.05) is 22.4 Å². The normalized spacial score (nSPS) is 14.1. The van der Waals surface area contributed by atoms with Gasteiger partial charge in [-0.3, -0.25) is 9.56 Å². The summed E-state index contributed by atoms with van der Waals surface area (Å²) in [6.07, 6.45) is 2.74. The second-order valence-electron chi connectivity index (χ2n) is 6.73. The number of benzene rings is 2. The molecule has 11 heteroatoms. The highest BCUT2D eigenvalue weighted by Gasteiger charge is 2.30. The molecular weight excluding hydrogens is 443 g/mol. The molecule has 0 fully saturated rings. The van der Waals surface area contributed by atoms with E-state index in [0.29, 0.717) is 33.0 Å². The molecule has 0 spiro atoms. The molecule has 0 radical (unpaired) electrons. The van der Waals surface area contributed by atoms with E-state index < -0.39 is 19.3 Å². The van der Waals surface area contributed by atoms with Gasteiger partial charge in [0.25, 0.3) is 0 Å². The van der Waals surface area contributed by atoms with Gasteiger partial charge in [-0.1, -0.05) is 29.8 Å². The van der Waals surface area contributed by atoms with Crippen LogP contribution in [0.3, 0.4) is 0 Å². The van der Waals surface area contributed by atoms with Gasteiger partial charge in [-0.15, -0.1) is 0 Å². The number of aromatic hydroxyl groups is 1. The maximum absolute atomic E-state index is 12.8. The number of allylic oxidation sites excluding steroid dienone is 1. The Balaban J connectivity index is 1.85. The fraction of sp³-hybridized carbons (Fsp3) is 0.0500. The standard InChI is InChI=1S/C20H14ClN4O5P/c21-15-5-6-16-14(10-23-17(16)8-15)7-18-19(26)24(20(27)25(18)31(28,29)30)11-13-3-1-12(9-22)2-4-13/h1-8,10,26H,11H2,(H2,28,29,30)/b14-7+. The van der Waals surface area contributed by atoms with E-state index >= 15 is 0 Å². The van der Waals surface area contributed by atoms with Crippen molar-refractivity contribution < 1.29 is 19.5 Å². The van der Waals surface area contributed by atoms with Crippen LogP contribution in [0.5, 0.6) is 5.88 Å². The molecule has 3 N–H and O–H groups in total. The molecule has 0 unspecified atom stereocenters. The lowest BCUT2D eigenvalue weighted by atomic mass is 10.1. The maximum atomic E-state index is 12.8. The summed E-state index contributed by atoms with van der Waals surface area (Å²) < 4.78 is 13.2. The molecule has 31 heavy (non-hydrogen) atoms. The Morgan fingerprint density at radius 1 is 1.19 bits per heavy atom. The lowest BCUT2D eigenvalue weighted by Gasteiger charge is -2.06. The summed E-state index contributed by atoms with van der Waals surface area (Å²) in [7, 11) is -5.10. The van der Waals surface area contributed by atoms with Crippen LogP contribution >= 0.6 is 19.3 Å². The highest BCUT2D eigenvalue weighted by Crippen LogP contribution is 2.42. The predicted molar refractivity (Wildman–Crippen MR) is 116 cm³/mol. The average molecular weight is 457 g/mol. The zero-order chi connectivity index (χ0) is 22.3. The van der Waals surface area contributed by atoms with Crippen molar-refractivity contribution in [2.45, 2.75) is 6.54 Å². The van der Waals surface area contributed by atoms with Crippen molar-refractivity contribution in [3.63, 3.8) is 0 Å². The van der Waals surface area contributed by atoms with Gasteiger partial charge in [0.1, 0.15) is 5.69 Å². The molecule has 0 saturated heterocycles. The second kappa shape index (κ2) is 7.69. The molecule has 1 aliphatic rings. The molecule has 3 aromatic rings. The number of hydrogen-bond donors (Lipinski definition) is 3. The third-order valence-corrected chi connectivity index (χ3v) is 5.86. The van der Waals surface area contributed by atoms with E-state index in [-0.39, 0.29) is 16.6 Å². The molecule has 1 aliphatic heterocycles. The third kappa shape index (κ3) is 3.85. The first kappa shape index (κ1) is 20.8. The van der Waals surface area contributed by atoms with Crippen LogP contribution in [0.2, 0.25) is 5.02 Å². The number of nitriles is 1. The number of hydrogen-bond acceptors (Lipinski definition) is 5. The van der Waals surface area contributed by atoms with E-state index in [1.54, 1.807) is 30.3 Å². The van der Waals surface area contributed by atoms with Gasteiger partial charge in [-0.05, 0) is 35.9 Å². The van der Waals surface area contributed by atoms with Crippen LogP contribution < -0.4 is 5.69 Å². The summed E-state index contributed by atoms with van der Waals surface area (Å²) in [5, 5.41) is 20.1.